The zero-order valence-electron chi connectivity index (χ0n) is 8.99. The molecule has 0 saturated heterocycles. The first kappa shape index (κ1) is 15.3. The third-order valence-corrected chi connectivity index (χ3v) is 1.88. The molecule has 0 amide bonds. The summed E-state index contributed by atoms with van der Waals surface area (Å²) in [5, 5.41) is 13.9. The van der Waals surface area contributed by atoms with Crippen LogP contribution in [0.5, 0.6) is 0 Å². The highest BCUT2D eigenvalue weighted by atomic mass is 16.6. The smallest absolute Gasteiger partial charge is 0.450 e. The predicted molar refractivity (Wildman–Crippen MR) is 57.4 cm³/mol. The van der Waals surface area contributed by atoms with Gasteiger partial charge in [-0.05, 0) is 12.8 Å². The van der Waals surface area contributed by atoms with Crippen LogP contribution in [0.25, 0.3) is 0 Å². The topological polar surface area (TPSA) is 57.5 Å². The van der Waals surface area contributed by atoms with E-state index in [1.807, 2.05) is 0 Å². The number of unbranched alkanes of at least 4 members (excludes halogenated alkanes) is 2. The van der Waals surface area contributed by atoms with Crippen molar-refractivity contribution in [3.8, 4) is 12.3 Å². The Morgan fingerprint density at radius 2 is 1.86 bits per heavy atom. The van der Waals surface area contributed by atoms with Crippen molar-refractivity contribution in [1.82, 2.24) is 0 Å². The van der Waals surface area contributed by atoms with Gasteiger partial charge in [-0.1, -0.05) is 33.1 Å². The van der Waals surface area contributed by atoms with E-state index >= 15 is 0 Å². The molecule has 0 aliphatic carbocycles. The highest BCUT2D eigenvalue weighted by Crippen LogP contribution is 2.11. The van der Waals surface area contributed by atoms with Crippen molar-refractivity contribution in [2.24, 2.45) is 5.92 Å². The Labute approximate surface area is 86.1 Å². The summed E-state index contributed by atoms with van der Waals surface area (Å²) in [6.45, 7) is 4.38. The minimum absolute atomic E-state index is 0.534. The van der Waals surface area contributed by atoms with Crippen LogP contribution in [0.1, 0.15) is 46.0 Å². The Balaban J connectivity index is 0. The average molecular weight is 200 g/mol. The molecule has 0 fully saturated rings. The van der Waals surface area contributed by atoms with Gasteiger partial charge in [0.25, 0.3) is 0 Å². The van der Waals surface area contributed by atoms with Gasteiger partial charge in [0, 0.05) is 5.92 Å². The number of carboxylic acid groups (broad SMARTS) is 2. The fraction of sp³-hybridized carbons (Fsp3) is 0.727. The van der Waals surface area contributed by atoms with Crippen LogP contribution >= 0.6 is 0 Å². The quantitative estimate of drug-likeness (QED) is 0.528. The second-order valence-corrected chi connectivity index (χ2v) is 3.05. The van der Waals surface area contributed by atoms with Gasteiger partial charge < -0.3 is 10.2 Å². The lowest BCUT2D eigenvalue weighted by atomic mass is 10.00. The lowest BCUT2D eigenvalue weighted by Crippen LogP contribution is -1.93. The van der Waals surface area contributed by atoms with Crippen LogP contribution in [0.15, 0.2) is 0 Å². The van der Waals surface area contributed by atoms with Crippen molar-refractivity contribution in [2.45, 2.75) is 46.0 Å². The summed E-state index contributed by atoms with van der Waals surface area (Å²) in [6.07, 6.45) is 9.77. The molecule has 0 spiro atoms. The number of hydrogen-bond donors (Lipinski definition) is 2. The van der Waals surface area contributed by atoms with Crippen molar-refractivity contribution in [3.63, 3.8) is 0 Å². The Kier molecular flexibility index (Phi) is 12.9. The molecule has 0 saturated carbocycles. The van der Waals surface area contributed by atoms with Gasteiger partial charge in [0.2, 0.25) is 0 Å². The maximum Gasteiger partial charge on any atom is 0.503 e. The van der Waals surface area contributed by atoms with Crippen molar-refractivity contribution in [3.05, 3.63) is 0 Å². The molecule has 1 unspecified atom stereocenters. The number of carbonyl (C=O) groups is 1. The second-order valence-electron chi connectivity index (χ2n) is 3.05. The molecule has 82 valence electrons. The van der Waals surface area contributed by atoms with E-state index in [1.54, 1.807) is 0 Å². The Morgan fingerprint density at radius 3 is 2.14 bits per heavy atom. The van der Waals surface area contributed by atoms with Gasteiger partial charge >= 0.3 is 6.16 Å². The van der Waals surface area contributed by atoms with Gasteiger partial charge in [0.05, 0.1) is 0 Å². The average Bonchev–Trinajstić information content (AvgIpc) is 2.12. The molecule has 0 aliphatic rings. The molecule has 0 aliphatic heterocycles. The van der Waals surface area contributed by atoms with E-state index in [9.17, 15) is 0 Å². The molecule has 0 radical (unpaired) electrons. The van der Waals surface area contributed by atoms with Crippen molar-refractivity contribution < 1.29 is 15.0 Å². The fourth-order valence-electron chi connectivity index (χ4n) is 1.05. The van der Waals surface area contributed by atoms with E-state index < -0.39 is 6.16 Å². The first-order valence-corrected chi connectivity index (χ1v) is 4.96. The molecule has 3 heteroatoms. The van der Waals surface area contributed by atoms with Crippen LogP contribution in [-0.4, -0.2) is 16.4 Å². The SMILES string of the molecule is C#CC(CC)CCCCC.O=C(O)O. The van der Waals surface area contributed by atoms with Crippen LogP contribution < -0.4 is 0 Å². The predicted octanol–water partition coefficient (Wildman–Crippen LogP) is 3.45. The molecule has 0 aromatic heterocycles. The van der Waals surface area contributed by atoms with E-state index in [0.717, 1.165) is 6.42 Å². The maximum absolute atomic E-state index is 8.56. The first-order chi connectivity index (χ1) is 6.58. The minimum Gasteiger partial charge on any atom is -0.450 e. The Hall–Kier alpha value is -1.17. The molecule has 0 aromatic rings. The highest BCUT2D eigenvalue weighted by Gasteiger charge is 1.99. The molecule has 0 bridgehead atoms. The zero-order chi connectivity index (χ0) is 11.4. The Bertz CT molecular complexity index is 166. The second kappa shape index (κ2) is 11.8. The molecular weight excluding hydrogens is 180 g/mol. The summed E-state index contributed by atoms with van der Waals surface area (Å²) in [4.78, 5) is 8.56. The summed E-state index contributed by atoms with van der Waals surface area (Å²) in [5.74, 6) is 3.34. The van der Waals surface area contributed by atoms with E-state index in [4.69, 9.17) is 21.4 Å². The summed E-state index contributed by atoms with van der Waals surface area (Å²) in [6, 6.07) is 0. The maximum atomic E-state index is 8.56. The molecule has 3 nitrogen and oxygen atoms in total. The number of hydrogen-bond acceptors (Lipinski definition) is 1. The molecule has 14 heavy (non-hydrogen) atoms. The van der Waals surface area contributed by atoms with Crippen molar-refractivity contribution in [1.29, 1.82) is 0 Å². The van der Waals surface area contributed by atoms with Gasteiger partial charge in [-0.2, -0.15) is 0 Å². The van der Waals surface area contributed by atoms with Crippen LogP contribution in [0, 0.1) is 18.3 Å². The molecule has 2 N–H and O–H groups in total. The minimum atomic E-state index is -1.83. The first-order valence-electron chi connectivity index (χ1n) is 4.96. The lowest BCUT2D eigenvalue weighted by Gasteiger charge is -2.05. The van der Waals surface area contributed by atoms with Gasteiger partial charge in [-0.15, -0.1) is 12.3 Å². The highest BCUT2D eigenvalue weighted by molar-refractivity contribution is 5.53. The van der Waals surface area contributed by atoms with E-state index in [-0.39, 0.29) is 0 Å². The summed E-state index contributed by atoms with van der Waals surface area (Å²) < 4.78 is 0. The standard InChI is InChI=1S/C10H18.CH2O3/c1-4-7-8-9-10(5-2)6-3;2-1(3)4/h2,10H,4,6-9H2,1,3H3;(H2,2,3,4). The van der Waals surface area contributed by atoms with E-state index in [0.29, 0.717) is 5.92 Å². The largest absolute Gasteiger partial charge is 0.503 e. The van der Waals surface area contributed by atoms with Crippen LogP contribution in [0.2, 0.25) is 0 Å². The Morgan fingerprint density at radius 1 is 1.36 bits per heavy atom. The summed E-state index contributed by atoms with van der Waals surface area (Å²) >= 11 is 0. The van der Waals surface area contributed by atoms with E-state index in [1.165, 1.54) is 25.7 Å². The normalized spacial score (nSPS) is 10.6. The van der Waals surface area contributed by atoms with Crippen molar-refractivity contribution in [2.75, 3.05) is 0 Å². The van der Waals surface area contributed by atoms with Crippen LogP contribution in [-0.2, 0) is 0 Å². The summed E-state index contributed by atoms with van der Waals surface area (Å²) in [7, 11) is 0. The number of rotatable bonds is 5. The molecule has 0 heterocycles. The van der Waals surface area contributed by atoms with Crippen molar-refractivity contribution >= 4 is 6.16 Å². The lowest BCUT2D eigenvalue weighted by molar-refractivity contribution is 0.137. The molecular formula is C11H20O3. The zero-order valence-corrected chi connectivity index (χ0v) is 8.99. The third-order valence-electron chi connectivity index (χ3n) is 1.88. The third kappa shape index (κ3) is 17.1. The van der Waals surface area contributed by atoms with Gasteiger partial charge in [0.15, 0.2) is 0 Å². The van der Waals surface area contributed by atoms with Gasteiger partial charge in [0.1, 0.15) is 0 Å². The molecule has 1 atom stereocenters. The monoisotopic (exact) mass is 200 g/mol. The fourth-order valence-corrected chi connectivity index (χ4v) is 1.05. The van der Waals surface area contributed by atoms with Gasteiger partial charge in [-0.25, -0.2) is 4.79 Å². The van der Waals surface area contributed by atoms with Crippen LogP contribution in [0.4, 0.5) is 4.79 Å². The van der Waals surface area contributed by atoms with Crippen LogP contribution in [0.3, 0.4) is 0 Å². The number of terminal acetylenes is 1. The van der Waals surface area contributed by atoms with Gasteiger partial charge in [-0.3, -0.25) is 0 Å². The summed E-state index contributed by atoms with van der Waals surface area (Å²) in [5.41, 5.74) is 0. The van der Waals surface area contributed by atoms with E-state index in [2.05, 4.69) is 19.8 Å². The molecule has 0 aromatic carbocycles. The molecule has 0 rings (SSSR count).